The molecule has 0 atom stereocenters. The number of aliphatic hydroxyl groups is 1. The van der Waals surface area contributed by atoms with Crippen LogP contribution in [-0.4, -0.2) is 29.4 Å². The second-order valence-electron chi connectivity index (χ2n) is 5.59. The quantitative estimate of drug-likeness (QED) is 0.877. The first kappa shape index (κ1) is 15.4. The molecule has 4 heteroatoms. The SMILES string of the molecule is CSCc1cccc(C(=O)NC2(CO)CCCCC2)c1. The summed E-state index contributed by atoms with van der Waals surface area (Å²) in [7, 11) is 0. The summed E-state index contributed by atoms with van der Waals surface area (Å²) < 4.78 is 0. The van der Waals surface area contributed by atoms with Crippen molar-refractivity contribution in [3.05, 3.63) is 35.4 Å². The Morgan fingerprint density at radius 3 is 2.75 bits per heavy atom. The van der Waals surface area contributed by atoms with Crippen molar-refractivity contribution >= 4 is 17.7 Å². The number of carbonyl (C=O) groups is 1. The predicted molar refractivity (Wildman–Crippen MR) is 84.0 cm³/mol. The average Bonchev–Trinajstić information content (AvgIpc) is 2.49. The fourth-order valence-electron chi connectivity index (χ4n) is 2.83. The van der Waals surface area contributed by atoms with Crippen LogP contribution in [0.2, 0.25) is 0 Å². The molecule has 1 aliphatic carbocycles. The Morgan fingerprint density at radius 1 is 1.35 bits per heavy atom. The molecule has 1 saturated carbocycles. The molecular formula is C16H23NO2S. The highest BCUT2D eigenvalue weighted by Gasteiger charge is 2.33. The van der Waals surface area contributed by atoms with Gasteiger partial charge in [-0.15, -0.1) is 0 Å². The number of carbonyl (C=O) groups excluding carboxylic acids is 1. The van der Waals surface area contributed by atoms with Gasteiger partial charge in [-0.1, -0.05) is 31.4 Å². The smallest absolute Gasteiger partial charge is 0.251 e. The number of rotatable bonds is 5. The van der Waals surface area contributed by atoms with Gasteiger partial charge in [-0.2, -0.15) is 11.8 Å². The van der Waals surface area contributed by atoms with Crippen molar-refractivity contribution in [1.82, 2.24) is 5.32 Å². The zero-order valence-corrected chi connectivity index (χ0v) is 12.8. The molecule has 0 aliphatic heterocycles. The third-order valence-electron chi connectivity index (χ3n) is 3.99. The van der Waals surface area contributed by atoms with Crippen LogP contribution in [0.3, 0.4) is 0 Å². The Kier molecular flexibility index (Phi) is 5.49. The van der Waals surface area contributed by atoms with Crippen molar-refractivity contribution in [3.63, 3.8) is 0 Å². The van der Waals surface area contributed by atoms with Gasteiger partial charge in [0.1, 0.15) is 0 Å². The van der Waals surface area contributed by atoms with Crippen LogP contribution in [-0.2, 0) is 5.75 Å². The summed E-state index contributed by atoms with van der Waals surface area (Å²) in [4.78, 5) is 12.4. The minimum atomic E-state index is -0.412. The normalized spacial score (nSPS) is 17.7. The second-order valence-corrected chi connectivity index (χ2v) is 6.45. The molecule has 0 heterocycles. The van der Waals surface area contributed by atoms with Gasteiger partial charge in [0.25, 0.3) is 5.91 Å². The maximum Gasteiger partial charge on any atom is 0.251 e. The highest BCUT2D eigenvalue weighted by atomic mass is 32.2. The van der Waals surface area contributed by atoms with Crippen molar-refractivity contribution in [3.8, 4) is 0 Å². The van der Waals surface area contributed by atoms with Gasteiger partial charge >= 0.3 is 0 Å². The molecule has 0 aromatic heterocycles. The zero-order valence-electron chi connectivity index (χ0n) is 12.0. The molecule has 1 aliphatic rings. The van der Waals surface area contributed by atoms with Gasteiger partial charge in [-0.05, 0) is 36.8 Å². The molecule has 1 aromatic carbocycles. The summed E-state index contributed by atoms with van der Waals surface area (Å²) in [5.74, 6) is 0.843. The summed E-state index contributed by atoms with van der Waals surface area (Å²) in [6.45, 7) is 0.0310. The fourth-order valence-corrected chi connectivity index (χ4v) is 3.35. The molecule has 0 unspecified atom stereocenters. The molecule has 0 spiro atoms. The zero-order chi connectivity index (χ0) is 14.4. The molecule has 2 rings (SSSR count). The number of thioether (sulfide) groups is 1. The first-order chi connectivity index (χ1) is 9.69. The topological polar surface area (TPSA) is 49.3 Å². The minimum Gasteiger partial charge on any atom is -0.394 e. The Bertz CT molecular complexity index is 456. The fraction of sp³-hybridized carbons (Fsp3) is 0.562. The van der Waals surface area contributed by atoms with Crippen molar-refractivity contribution in [2.75, 3.05) is 12.9 Å². The van der Waals surface area contributed by atoms with E-state index in [1.54, 1.807) is 11.8 Å². The monoisotopic (exact) mass is 293 g/mol. The lowest BCUT2D eigenvalue weighted by molar-refractivity contribution is 0.0758. The van der Waals surface area contributed by atoms with Crippen LogP contribution in [0.4, 0.5) is 0 Å². The van der Waals surface area contributed by atoms with Crippen LogP contribution in [0.15, 0.2) is 24.3 Å². The van der Waals surface area contributed by atoms with Gasteiger partial charge in [-0.25, -0.2) is 0 Å². The largest absolute Gasteiger partial charge is 0.394 e. The molecule has 110 valence electrons. The predicted octanol–water partition coefficient (Wildman–Crippen LogP) is 2.97. The lowest BCUT2D eigenvalue weighted by atomic mass is 9.82. The Labute approximate surface area is 125 Å². The van der Waals surface area contributed by atoms with Crippen molar-refractivity contribution in [1.29, 1.82) is 0 Å². The first-order valence-corrected chi connectivity index (χ1v) is 8.60. The van der Waals surface area contributed by atoms with Crippen molar-refractivity contribution in [2.24, 2.45) is 0 Å². The number of nitrogens with one attached hydrogen (secondary N) is 1. The summed E-state index contributed by atoms with van der Waals surface area (Å²) in [6, 6.07) is 7.75. The van der Waals surface area contributed by atoms with Crippen molar-refractivity contribution in [2.45, 2.75) is 43.4 Å². The van der Waals surface area contributed by atoms with E-state index in [1.165, 1.54) is 6.42 Å². The van der Waals surface area contributed by atoms with Gasteiger partial charge in [0.15, 0.2) is 0 Å². The molecule has 1 aromatic rings. The molecule has 3 nitrogen and oxygen atoms in total. The lowest BCUT2D eigenvalue weighted by Crippen LogP contribution is -2.52. The van der Waals surface area contributed by atoms with E-state index in [0.29, 0.717) is 5.56 Å². The van der Waals surface area contributed by atoms with E-state index in [2.05, 4.69) is 11.6 Å². The summed E-state index contributed by atoms with van der Waals surface area (Å²) >= 11 is 1.74. The summed E-state index contributed by atoms with van der Waals surface area (Å²) in [6.07, 6.45) is 7.15. The molecule has 1 amide bonds. The van der Waals surface area contributed by atoms with E-state index in [4.69, 9.17) is 0 Å². The van der Waals surface area contributed by atoms with Gasteiger partial charge in [0, 0.05) is 11.3 Å². The maximum absolute atomic E-state index is 12.4. The van der Waals surface area contributed by atoms with E-state index in [-0.39, 0.29) is 12.5 Å². The molecule has 0 radical (unpaired) electrons. The molecule has 0 saturated heterocycles. The lowest BCUT2D eigenvalue weighted by Gasteiger charge is -2.36. The number of hydrogen-bond acceptors (Lipinski definition) is 3. The Balaban J connectivity index is 2.08. The van der Waals surface area contributed by atoms with E-state index in [9.17, 15) is 9.90 Å². The van der Waals surface area contributed by atoms with Crippen LogP contribution >= 0.6 is 11.8 Å². The standard InChI is InChI=1S/C16H23NO2S/c1-20-11-13-6-5-7-14(10-13)15(19)17-16(12-18)8-3-2-4-9-16/h5-7,10,18H,2-4,8-9,11-12H2,1H3,(H,17,19). The summed E-state index contributed by atoms with van der Waals surface area (Å²) in [5.41, 5.74) is 1.44. The molecular weight excluding hydrogens is 270 g/mol. The van der Waals surface area contributed by atoms with E-state index in [1.807, 2.05) is 24.3 Å². The van der Waals surface area contributed by atoms with E-state index < -0.39 is 5.54 Å². The van der Waals surface area contributed by atoms with Crippen molar-refractivity contribution < 1.29 is 9.90 Å². The number of benzene rings is 1. The summed E-state index contributed by atoms with van der Waals surface area (Å²) in [5, 5.41) is 12.7. The van der Waals surface area contributed by atoms with Crippen LogP contribution in [0.1, 0.15) is 48.0 Å². The third kappa shape index (κ3) is 3.76. The highest BCUT2D eigenvalue weighted by molar-refractivity contribution is 7.97. The van der Waals surface area contributed by atoms with Crippen LogP contribution in [0.25, 0.3) is 0 Å². The third-order valence-corrected chi connectivity index (χ3v) is 4.61. The minimum absolute atomic E-state index is 0.0310. The Hall–Kier alpha value is -1.00. The second kappa shape index (κ2) is 7.14. The molecule has 20 heavy (non-hydrogen) atoms. The van der Waals surface area contributed by atoms with Gasteiger partial charge in [-0.3, -0.25) is 4.79 Å². The highest BCUT2D eigenvalue weighted by Crippen LogP contribution is 2.28. The number of hydrogen-bond donors (Lipinski definition) is 2. The molecule has 1 fully saturated rings. The van der Waals surface area contributed by atoms with Gasteiger partial charge in [0.2, 0.25) is 0 Å². The van der Waals surface area contributed by atoms with Crippen LogP contribution < -0.4 is 5.32 Å². The van der Waals surface area contributed by atoms with Gasteiger partial charge in [0.05, 0.1) is 12.1 Å². The number of amides is 1. The molecule has 2 N–H and O–H groups in total. The van der Waals surface area contributed by atoms with Gasteiger partial charge < -0.3 is 10.4 Å². The van der Waals surface area contributed by atoms with E-state index in [0.717, 1.165) is 37.0 Å². The number of aliphatic hydroxyl groups excluding tert-OH is 1. The van der Waals surface area contributed by atoms with Crippen LogP contribution in [0, 0.1) is 0 Å². The average molecular weight is 293 g/mol. The van der Waals surface area contributed by atoms with Crippen LogP contribution in [0.5, 0.6) is 0 Å². The molecule has 0 bridgehead atoms. The maximum atomic E-state index is 12.4. The first-order valence-electron chi connectivity index (χ1n) is 7.20. The van der Waals surface area contributed by atoms with E-state index >= 15 is 0 Å². The Morgan fingerprint density at radius 2 is 2.10 bits per heavy atom.